The average Bonchev–Trinajstić information content (AvgIpc) is 2.17. The van der Waals surface area contributed by atoms with Crippen LogP contribution in [-0.4, -0.2) is 22.1 Å². The van der Waals surface area contributed by atoms with Crippen molar-refractivity contribution in [2.45, 2.75) is 44.6 Å². The summed E-state index contributed by atoms with van der Waals surface area (Å²) in [5.41, 5.74) is 0.600. The number of hydrogen-bond acceptors (Lipinski definition) is 3. The third-order valence-corrected chi connectivity index (χ3v) is 3.58. The Bertz CT molecular complexity index is 215. The summed E-state index contributed by atoms with van der Waals surface area (Å²) in [6.45, 7) is 0. The Morgan fingerprint density at radius 2 is 1.85 bits per heavy atom. The van der Waals surface area contributed by atoms with Gasteiger partial charge in [-0.2, -0.15) is 0 Å². The zero-order valence-electron chi connectivity index (χ0n) is 7.82. The fraction of sp³-hybridized carbons (Fsp3) is 0.900. The molecule has 0 radical (unpaired) electrons. The van der Waals surface area contributed by atoms with E-state index in [-0.39, 0.29) is 0 Å². The molecular weight excluding hydrogens is 166 g/mol. The molecule has 2 aliphatic rings. The van der Waals surface area contributed by atoms with Crippen LogP contribution in [0.3, 0.4) is 0 Å². The van der Waals surface area contributed by atoms with Crippen molar-refractivity contribution in [2.24, 2.45) is 17.0 Å². The molecule has 0 heterocycles. The van der Waals surface area contributed by atoms with Crippen molar-refractivity contribution in [2.75, 3.05) is 0 Å². The summed E-state index contributed by atoms with van der Waals surface area (Å²) in [4.78, 5) is 0. The van der Waals surface area contributed by atoms with Gasteiger partial charge in [0.2, 0.25) is 0 Å². The molecule has 0 aromatic rings. The van der Waals surface area contributed by atoms with Crippen LogP contribution < -0.4 is 0 Å². The minimum atomic E-state index is -0.482. The van der Waals surface area contributed by atoms with Crippen LogP contribution >= 0.6 is 0 Å². The van der Waals surface area contributed by atoms with E-state index in [1.807, 2.05) is 0 Å². The zero-order chi connectivity index (χ0) is 9.26. The summed E-state index contributed by atoms with van der Waals surface area (Å²) in [6, 6.07) is 0. The highest BCUT2D eigenvalue weighted by atomic mass is 16.4. The smallest absolute Gasteiger partial charge is 0.0957 e. The predicted octanol–water partition coefficient (Wildman–Crippen LogP) is 1.78. The molecule has 0 aromatic carbocycles. The lowest BCUT2D eigenvalue weighted by Crippen LogP contribution is -2.37. The van der Waals surface area contributed by atoms with Gasteiger partial charge in [0.1, 0.15) is 0 Å². The van der Waals surface area contributed by atoms with E-state index in [2.05, 4.69) is 5.16 Å². The number of aliphatic hydroxyl groups is 1. The lowest BCUT2D eigenvalue weighted by atomic mass is 9.69. The molecule has 3 heteroatoms. The minimum Gasteiger partial charge on any atom is -0.411 e. The maximum atomic E-state index is 9.62. The van der Waals surface area contributed by atoms with Crippen LogP contribution in [-0.2, 0) is 0 Å². The average molecular weight is 183 g/mol. The molecule has 2 fully saturated rings. The number of oxime groups is 1. The van der Waals surface area contributed by atoms with Crippen molar-refractivity contribution < 1.29 is 10.3 Å². The highest BCUT2D eigenvalue weighted by molar-refractivity contribution is 5.88. The third kappa shape index (κ3) is 1.70. The molecule has 0 saturated heterocycles. The van der Waals surface area contributed by atoms with Crippen LogP contribution in [0.1, 0.15) is 38.5 Å². The molecule has 13 heavy (non-hydrogen) atoms. The van der Waals surface area contributed by atoms with Gasteiger partial charge in [0.15, 0.2) is 0 Å². The summed E-state index contributed by atoms with van der Waals surface area (Å²) >= 11 is 0. The van der Waals surface area contributed by atoms with E-state index < -0.39 is 6.10 Å². The number of nitrogens with zero attached hydrogens (tertiary/aromatic N) is 1. The quantitative estimate of drug-likeness (QED) is 0.444. The third-order valence-electron chi connectivity index (χ3n) is 3.58. The molecular formula is C10H17NO2. The van der Waals surface area contributed by atoms with Gasteiger partial charge in [-0.15, -0.1) is 0 Å². The van der Waals surface area contributed by atoms with Crippen LogP contribution in [0, 0.1) is 11.8 Å². The molecule has 0 bridgehead atoms. The van der Waals surface area contributed by atoms with Crippen molar-refractivity contribution >= 4 is 5.71 Å². The fourth-order valence-corrected chi connectivity index (χ4v) is 2.80. The van der Waals surface area contributed by atoms with E-state index in [0.717, 1.165) is 12.8 Å². The molecule has 3 unspecified atom stereocenters. The normalized spacial score (nSPS) is 43.2. The first-order valence-corrected chi connectivity index (χ1v) is 5.20. The van der Waals surface area contributed by atoms with Gasteiger partial charge in [-0.3, -0.25) is 0 Å². The van der Waals surface area contributed by atoms with E-state index in [1.165, 1.54) is 25.7 Å². The van der Waals surface area contributed by atoms with Crippen molar-refractivity contribution in [3.8, 4) is 0 Å². The molecule has 2 N–H and O–H groups in total. The van der Waals surface area contributed by atoms with Gasteiger partial charge in [-0.25, -0.2) is 0 Å². The van der Waals surface area contributed by atoms with Crippen LogP contribution in [0.5, 0.6) is 0 Å². The molecule has 3 atom stereocenters. The summed E-state index contributed by atoms with van der Waals surface area (Å²) in [5, 5.41) is 21.5. The van der Waals surface area contributed by atoms with Crippen LogP contribution in [0.15, 0.2) is 5.16 Å². The predicted molar refractivity (Wildman–Crippen MR) is 49.9 cm³/mol. The lowest BCUT2D eigenvalue weighted by Gasteiger charge is -2.37. The Morgan fingerprint density at radius 1 is 1.15 bits per heavy atom. The maximum Gasteiger partial charge on any atom is 0.0957 e. The molecule has 0 aromatic heterocycles. The molecule has 2 saturated carbocycles. The standard InChI is InChI=1S/C10H17NO2/c12-10-6-8-4-2-1-3-7(8)5-9(10)11-13/h7-8,10,12-13H,1-6H2/b11-9+. The summed E-state index contributed by atoms with van der Waals surface area (Å²) in [6.07, 6.45) is 6.24. The summed E-state index contributed by atoms with van der Waals surface area (Å²) < 4.78 is 0. The van der Waals surface area contributed by atoms with Gasteiger partial charge in [0.05, 0.1) is 11.8 Å². The number of fused-ring (bicyclic) bond motifs is 1. The Morgan fingerprint density at radius 3 is 2.54 bits per heavy atom. The van der Waals surface area contributed by atoms with Gasteiger partial charge in [-0.05, 0) is 31.1 Å². The number of rotatable bonds is 0. The van der Waals surface area contributed by atoms with E-state index in [0.29, 0.717) is 17.5 Å². The Kier molecular flexibility index (Phi) is 2.54. The van der Waals surface area contributed by atoms with E-state index in [4.69, 9.17) is 5.21 Å². The molecule has 2 rings (SSSR count). The summed E-state index contributed by atoms with van der Waals surface area (Å²) in [5.74, 6) is 1.34. The summed E-state index contributed by atoms with van der Waals surface area (Å²) in [7, 11) is 0. The topological polar surface area (TPSA) is 52.8 Å². The first-order valence-electron chi connectivity index (χ1n) is 5.20. The van der Waals surface area contributed by atoms with E-state index >= 15 is 0 Å². The second-order valence-electron chi connectivity index (χ2n) is 4.35. The van der Waals surface area contributed by atoms with Crippen molar-refractivity contribution in [1.82, 2.24) is 0 Å². The van der Waals surface area contributed by atoms with Crippen LogP contribution in [0.2, 0.25) is 0 Å². The lowest BCUT2D eigenvalue weighted by molar-refractivity contribution is 0.119. The Labute approximate surface area is 78.4 Å². The number of aliphatic hydroxyl groups excluding tert-OH is 1. The highest BCUT2D eigenvalue weighted by Gasteiger charge is 2.35. The molecule has 0 aliphatic heterocycles. The maximum absolute atomic E-state index is 9.62. The Balaban J connectivity index is 2.05. The second kappa shape index (κ2) is 3.66. The van der Waals surface area contributed by atoms with Crippen molar-refractivity contribution in [3.05, 3.63) is 0 Å². The van der Waals surface area contributed by atoms with E-state index in [9.17, 15) is 5.11 Å². The largest absolute Gasteiger partial charge is 0.411 e. The van der Waals surface area contributed by atoms with Crippen molar-refractivity contribution in [3.63, 3.8) is 0 Å². The van der Waals surface area contributed by atoms with Crippen LogP contribution in [0.25, 0.3) is 0 Å². The molecule has 0 amide bonds. The van der Waals surface area contributed by atoms with Gasteiger partial charge in [0.25, 0.3) is 0 Å². The van der Waals surface area contributed by atoms with Gasteiger partial charge >= 0.3 is 0 Å². The number of hydrogen-bond donors (Lipinski definition) is 2. The van der Waals surface area contributed by atoms with Gasteiger partial charge < -0.3 is 10.3 Å². The Hall–Kier alpha value is -0.570. The highest BCUT2D eigenvalue weighted by Crippen LogP contribution is 2.39. The van der Waals surface area contributed by atoms with E-state index in [1.54, 1.807) is 0 Å². The van der Waals surface area contributed by atoms with Gasteiger partial charge in [-0.1, -0.05) is 24.4 Å². The SMILES string of the molecule is O/N=C1\CC2CCCCC2CC1O. The zero-order valence-corrected chi connectivity index (χ0v) is 7.82. The first-order chi connectivity index (χ1) is 6.31. The minimum absolute atomic E-state index is 0.482. The first kappa shape index (κ1) is 9.00. The fourth-order valence-electron chi connectivity index (χ4n) is 2.80. The van der Waals surface area contributed by atoms with Crippen molar-refractivity contribution in [1.29, 1.82) is 0 Å². The molecule has 0 spiro atoms. The van der Waals surface area contributed by atoms with Crippen LogP contribution in [0.4, 0.5) is 0 Å². The van der Waals surface area contributed by atoms with Gasteiger partial charge in [0, 0.05) is 0 Å². The second-order valence-corrected chi connectivity index (χ2v) is 4.35. The molecule has 74 valence electrons. The monoisotopic (exact) mass is 183 g/mol. The molecule has 2 aliphatic carbocycles. The molecule has 3 nitrogen and oxygen atoms in total.